The summed E-state index contributed by atoms with van der Waals surface area (Å²) in [6.45, 7) is 1.65. The van der Waals surface area contributed by atoms with Gasteiger partial charge in [-0.1, -0.05) is 122 Å². The van der Waals surface area contributed by atoms with Gasteiger partial charge in [-0.05, 0) is 34.9 Å². The fourth-order valence-electron chi connectivity index (χ4n) is 5.09. The van der Waals surface area contributed by atoms with Crippen LogP contribution in [0.4, 0.5) is 0 Å². The molecule has 0 spiro atoms. The smallest absolute Gasteiger partial charge is 0.306 e. The van der Waals surface area contributed by atoms with Crippen LogP contribution in [0.5, 0.6) is 0 Å². The van der Waals surface area contributed by atoms with Gasteiger partial charge in [-0.25, -0.2) is 0 Å². The monoisotopic (exact) mass is 564 g/mol. The predicted molar refractivity (Wildman–Crippen MR) is 159 cm³/mol. The Labute approximate surface area is 244 Å². The number of hydrogen-bond donors (Lipinski definition) is 2. The van der Waals surface area contributed by atoms with Gasteiger partial charge in [-0.2, -0.15) is 0 Å². The molecule has 4 aromatic carbocycles. The van der Waals surface area contributed by atoms with Crippen LogP contribution < -0.4 is 10.6 Å². The van der Waals surface area contributed by atoms with Crippen LogP contribution in [-0.2, 0) is 24.7 Å². The van der Waals surface area contributed by atoms with Crippen LogP contribution >= 0.6 is 11.6 Å². The molecule has 41 heavy (non-hydrogen) atoms. The number of benzene rings is 4. The Hall–Kier alpha value is -4.68. The van der Waals surface area contributed by atoms with Gasteiger partial charge in [0.15, 0.2) is 5.54 Å². The first-order valence-corrected chi connectivity index (χ1v) is 13.8. The third-order valence-corrected chi connectivity index (χ3v) is 7.40. The molecule has 1 heterocycles. The minimum absolute atomic E-state index is 0.0809. The van der Waals surface area contributed by atoms with Crippen molar-refractivity contribution >= 4 is 35.1 Å². The molecule has 1 unspecified atom stereocenters. The minimum atomic E-state index is -1.57. The van der Waals surface area contributed by atoms with Gasteiger partial charge >= 0.3 is 5.97 Å². The van der Waals surface area contributed by atoms with E-state index in [2.05, 4.69) is 10.6 Å². The van der Waals surface area contributed by atoms with E-state index in [4.69, 9.17) is 16.3 Å². The summed E-state index contributed by atoms with van der Waals surface area (Å²) >= 11 is 6.09. The van der Waals surface area contributed by atoms with E-state index in [1.165, 1.54) is 0 Å². The molecule has 4 aromatic rings. The summed E-state index contributed by atoms with van der Waals surface area (Å²) in [5.74, 6) is -2.20. The number of amides is 2. The van der Waals surface area contributed by atoms with Crippen molar-refractivity contribution in [1.29, 1.82) is 0 Å². The first kappa shape index (κ1) is 27.9. The molecule has 7 heteroatoms. The molecule has 2 N–H and O–H groups in total. The van der Waals surface area contributed by atoms with Crippen molar-refractivity contribution < 1.29 is 19.1 Å². The molecule has 206 valence electrons. The van der Waals surface area contributed by atoms with E-state index < -0.39 is 35.3 Å². The summed E-state index contributed by atoms with van der Waals surface area (Å²) in [5.41, 5.74) is 1.75. The third kappa shape index (κ3) is 5.79. The zero-order chi connectivity index (χ0) is 28.8. The van der Waals surface area contributed by atoms with Crippen LogP contribution in [0, 0.1) is 0 Å². The standard InChI is InChI=1S/C34H29ClN2O4/c1-2-30(38)41-31(25-18-20-27(35)21-19-25)32(39)37-34(26-16-10-5-11-17-26)28(23-12-6-3-7-13-23)22-29(36-33(34)40)24-14-8-4-9-15-24/h3-22,28,31H,2H2,1H3,(H,36,40)(H,37,39)/t28-,31?,34+/m0/s1. The van der Waals surface area contributed by atoms with Crippen molar-refractivity contribution in [3.05, 3.63) is 149 Å². The van der Waals surface area contributed by atoms with Crippen molar-refractivity contribution in [3.8, 4) is 0 Å². The lowest BCUT2D eigenvalue weighted by molar-refractivity contribution is -0.157. The maximum Gasteiger partial charge on any atom is 0.306 e. The number of hydrogen-bond acceptors (Lipinski definition) is 4. The van der Waals surface area contributed by atoms with Gasteiger partial charge in [0.2, 0.25) is 6.10 Å². The molecule has 0 aliphatic carbocycles. The van der Waals surface area contributed by atoms with Gasteiger partial charge in [-0.15, -0.1) is 0 Å². The van der Waals surface area contributed by atoms with Gasteiger partial charge in [0, 0.05) is 28.6 Å². The maximum atomic E-state index is 14.4. The highest BCUT2D eigenvalue weighted by Gasteiger charge is 2.52. The number of ether oxygens (including phenoxy) is 1. The van der Waals surface area contributed by atoms with Gasteiger partial charge in [0.05, 0.1) is 0 Å². The molecule has 3 atom stereocenters. The summed E-state index contributed by atoms with van der Waals surface area (Å²) in [7, 11) is 0. The summed E-state index contributed by atoms with van der Waals surface area (Å²) in [6, 6.07) is 34.7. The Morgan fingerprint density at radius 2 is 1.46 bits per heavy atom. The minimum Gasteiger partial charge on any atom is -0.447 e. The maximum absolute atomic E-state index is 14.4. The number of carbonyl (C=O) groups excluding carboxylic acids is 3. The van der Waals surface area contributed by atoms with Crippen LogP contribution in [0.15, 0.2) is 121 Å². The second kappa shape index (κ2) is 12.2. The summed E-state index contributed by atoms with van der Waals surface area (Å²) in [5, 5.41) is 6.58. The molecule has 1 aliphatic heterocycles. The molecular formula is C34H29ClN2O4. The zero-order valence-corrected chi connectivity index (χ0v) is 23.2. The van der Waals surface area contributed by atoms with Crippen LogP contribution in [0.2, 0.25) is 5.02 Å². The van der Waals surface area contributed by atoms with E-state index in [0.29, 0.717) is 21.8 Å². The van der Waals surface area contributed by atoms with Crippen molar-refractivity contribution in [2.45, 2.75) is 30.9 Å². The number of esters is 1. The molecule has 5 rings (SSSR count). The number of nitrogens with one attached hydrogen (secondary N) is 2. The fraction of sp³-hybridized carbons (Fsp3) is 0.147. The molecule has 6 nitrogen and oxygen atoms in total. The van der Waals surface area contributed by atoms with Gasteiger partial charge in [-0.3, -0.25) is 14.4 Å². The van der Waals surface area contributed by atoms with Gasteiger partial charge in [0.25, 0.3) is 11.8 Å². The van der Waals surface area contributed by atoms with Crippen molar-refractivity contribution in [3.63, 3.8) is 0 Å². The van der Waals surface area contributed by atoms with E-state index in [9.17, 15) is 14.4 Å². The number of rotatable bonds is 8. The summed E-state index contributed by atoms with van der Waals surface area (Å²) < 4.78 is 5.64. The molecule has 2 amide bonds. The average molecular weight is 565 g/mol. The van der Waals surface area contributed by atoms with Gasteiger partial charge in [0.1, 0.15) is 0 Å². The second-order valence-corrected chi connectivity index (χ2v) is 10.2. The lowest BCUT2D eigenvalue weighted by atomic mass is 9.71. The molecular weight excluding hydrogens is 536 g/mol. The molecule has 0 fully saturated rings. The van der Waals surface area contributed by atoms with Crippen LogP contribution in [0.1, 0.15) is 47.6 Å². The molecule has 0 saturated heterocycles. The van der Waals surface area contributed by atoms with Crippen LogP contribution in [-0.4, -0.2) is 17.8 Å². The molecule has 0 bridgehead atoms. The molecule has 1 aliphatic rings. The third-order valence-electron chi connectivity index (χ3n) is 7.15. The second-order valence-electron chi connectivity index (χ2n) is 9.73. The topological polar surface area (TPSA) is 84.5 Å². The molecule has 0 aromatic heterocycles. The highest BCUT2D eigenvalue weighted by atomic mass is 35.5. The Kier molecular flexibility index (Phi) is 8.31. The average Bonchev–Trinajstić information content (AvgIpc) is 3.02. The normalized spacial score (nSPS) is 18.9. The van der Waals surface area contributed by atoms with Crippen LogP contribution in [0.3, 0.4) is 0 Å². The Morgan fingerprint density at radius 1 is 0.878 bits per heavy atom. The summed E-state index contributed by atoms with van der Waals surface area (Å²) in [4.78, 5) is 41.0. The first-order chi connectivity index (χ1) is 19.9. The Bertz CT molecular complexity index is 1560. The quantitative estimate of drug-likeness (QED) is 0.246. The van der Waals surface area contributed by atoms with Crippen molar-refractivity contribution in [2.24, 2.45) is 0 Å². The van der Waals surface area contributed by atoms with E-state index in [1.807, 2.05) is 97.1 Å². The van der Waals surface area contributed by atoms with Crippen LogP contribution in [0.25, 0.3) is 5.70 Å². The number of carbonyl (C=O) groups is 3. The first-order valence-electron chi connectivity index (χ1n) is 13.4. The van der Waals surface area contributed by atoms with Gasteiger partial charge < -0.3 is 15.4 Å². The number of halogens is 1. The SMILES string of the molecule is CCC(=O)OC(C(=O)N[C@@]1(c2ccccc2)C(=O)NC(c2ccccc2)=C[C@H]1c1ccccc1)c1ccc(Cl)cc1. The van der Waals surface area contributed by atoms with E-state index >= 15 is 0 Å². The highest BCUT2D eigenvalue weighted by Crippen LogP contribution is 2.43. The highest BCUT2D eigenvalue weighted by molar-refractivity contribution is 6.30. The largest absolute Gasteiger partial charge is 0.447 e. The van der Waals surface area contributed by atoms with Crippen molar-refractivity contribution in [2.75, 3.05) is 0 Å². The van der Waals surface area contributed by atoms with E-state index in [1.54, 1.807) is 31.2 Å². The summed E-state index contributed by atoms with van der Waals surface area (Å²) in [6.07, 6.45) is 0.746. The van der Waals surface area contributed by atoms with E-state index in [-0.39, 0.29) is 6.42 Å². The van der Waals surface area contributed by atoms with Crippen molar-refractivity contribution in [1.82, 2.24) is 10.6 Å². The lowest BCUT2D eigenvalue weighted by Gasteiger charge is -2.43. The van der Waals surface area contributed by atoms with E-state index in [0.717, 1.165) is 11.1 Å². The molecule has 0 saturated carbocycles. The lowest BCUT2D eigenvalue weighted by Crippen LogP contribution is -2.61. The fourth-order valence-corrected chi connectivity index (χ4v) is 5.22. The zero-order valence-electron chi connectivity index (χ0n) is 22.4. The predicted octanol–water partition coefficient (Wildman–Crippen LogP) is 6.30. The Balaban J connectivity index is 1.67. The Morgan fingerprint density at radius 3 is 2.07 bits per heavy atom. The molecule has 0 radical (unpaired) electrons.